The van der Waals surface area contributed by atoms with Crippen LogP contribution in [0.4, 0.5) is 0 Å². The highest BCUT2D eigenvalue weighted by atomic mass is 32.2. The number of allylic oxidation sites excluding steroid dienone is 4. The average Bonchev–Trinajstić information content (AvgIpc) is 3.25. The van der Waals surface area contributed by atoms with Crippen LogP contribution in [0.5, 0.6) is 5.75 Å². The van der Waals surface area contributed by atoms with Crippen molar-refractivity contribution in [3.8, 4) is 5.75 Å². The zero-order valence-electron chi connectivity index (χ0n) is 19.4. The number of carbonyl (C=O) groups is 1. The molecule has 0 amide bonds. The molecular weight excluding hydrogens is 468 g/mol. The van der Waals surface area contributed by atoms with Gasteiger partial charge in [0.1, 0.15) is 12.4 Å². The molecule has 184 valence electrons. The Morgan fingerprint density at radius 2 is 1.83 bits per heavy atom. The van der Waals surface area contributed by atoms with Gasteiger partial charge in [-0.2, -0.15) is 0 Å². The van der Waals surface area contributed by atoms with E-state index in [1.807, 2.05) is 24.3 Å². The minimum atomic E-state index is -3.85. The van der Waals surface area contributed by atoms with Gasteiger partial charge < -0.3 is 20.3 Å². The summed E-state index contributed by atoms with van der Waals surface area (Å²) in [6.07, 6.45) is 5.68. The third-order valence-electron chi connectivity index (χ3n) is 6.01. The van der Waals surface area contributed by atoms with E-state index in [1.165, 1.54) is 17.3 Å². The van der Waals surface area contributed by atoms with Gasteiger partial charge in [0.25, 0.3) is 10.0 Å². The fourth-order valence-corrected chi connectivity index (χ4v) is 5.56. The van der Waals surface area contributed by atoms with Crippen molar-refractivity contribution in [2.24, 2.45) is 5.73 Å². The van der Waals surface area contributed by atoms with Crippen LogP contribution in [0.1, 0.15) is 36.0 Å². The van der Waals surface area contributed by atoms with E-state index in [0.717, 1.165) is 16.9 Å². The van der Waals surface area contributed by atoms with Crippen molar-refractivity contribution in [2.45, 2.75) is 38.8 Å². The van der Waals surface area contributed by atoms with Crippen molar-refractivity contribution in [1.82, 2.24) is 3.97 Å². The van der Waals surface area contributed by atoms with Crippen molar-refractivity contribution in [3.05, 3.63) is 88.2 Å². The van der Waals surface area contributed by atoms with Crippen molar-refractivity contribution in [3.63, 3.8) is 0 Å². The molecule has 9 heteroatoms. The van der Waals surface area contributed by atoms with Crippen LogP contribution in [-0.4, -0.2) is 30.6 Å². The third kappa shape index (κ3) is 5.41. The number of aliphatic carboxylic acids is 1. The Balaban J connectivity index is 1.58. The summed E-state index contributed by atoms with van der Waals surface area (Å²) in [5.41, 5.74) is 8.81. The maximum Gasteiger partial charge on any atom is 0.303 e. The maximum absolute atomic E-state index is 13.5. The van der Waals surface area contributed by atoms with E-state index in [2.05, 4.69) is 0 Å². The predicted octanol–water partition coefficient (Wildman–Crippen LogP) is 4.08. The highest BCUT2D eigenvalue weighted by molar-refractivity contribution is 7.94. The van der Waals surface area contributed by atoms with E-state index in [-0.39, 0.29) is 17.7 Å². The number of methoxy groups -OCH3 is 1. The molecule has 1 aromatic heterocycles. The lowest BCUT2D eigenvalue weighted by Gasteiger charge is -2.17. The molecule has 1 aliphatic carbocycles. The summed E-state index contributed by atoms with van der Waals surface area (Å²) in [5.74, 6) is 0.347. The number of fused-ring (bicyclic) bond motifs is 1. The molecule has 35 heavy (non-hydrogen) atoms. The standard InChI is InChI=1S/C26H28N2O6S/c1-33-22-9-12-25-24(14-22)20(6-13-26(29)30)16-28(25)35(31,32)23-10-7-21(8-11-23)34-17-19-4-2-18(15-27)3-5-19/h2-5,7,9-10,12,14,16H,6,8,11,13,15,17,27H2,1H3,(H,29,30). The smallest absolute Gasteiger partial charge is 0.303 e. The van der Waals surface area contributed by atoms with Gasteiger partial charge in [-0.15, -0.1) is 0 Å². The predicted molar refractivity (Wildman–Crippen MR) is 133 cm³/mol. The number of carboxylic acid groups (broad SMARTS) is 1. The summed E-state index contributed by atoms with van der Waals surface area (Å²) in [5, 5.41) is 9.76. The van der Waals surface area contributed by atoms with Crippen LogP contribution in [0.25, 0.3) is 10.9 Å². The van der Waals surface area contributed by atoms with Crippen LogP contribution in [0.2, 0.25) is 0 Å². The number of ether oxygens (including phenoxy) is 2. The summed E-state index contributed by atoms with van der Waals surface area (Å²) < 4.78 is 39.4. The summed E-state index contributed by atoms with van der Waals surface area (Å²) in [6.45, 7) is 0.878. The zero-order chi connectivity index (χ0) is 25.0. The summed E-state index contributed by atoms with van der Waals surface area (Å²) in [6, 6.07) is 13.0. The molecule has 1 aliphatic rings. The molecule has 2 aromatic carbocycles. The quantitative estimate of drug-likeness (QED) is 0.434. The second kappa shape index (κ2) is 10.4. The summed E-state index contributed by atoms with van der Waals surface area (Å²) >= 11 is 0. The van der Waals surface area contributed by atoms with Gasteiger partial charge in [0, 0.05) is 31.0 Å². The number of carboxylic acids is 1. The van der Waals surface area contributed by atoms with Gasteiger partial charge in [-0.3, -0.25) is 4.79 Å². The van der Waals surface area contributed by atoms with E-state index in [4.69, 9.17) is 20.3 Å². The molecule has 0 fully saturated rings. The second-order valence-electron chi connectivity index (χ2n) is 8.31. The molecule has 1 heterocycles. The van der Waals surface area contributed by atoms with Gasteiger partial charge in [0.2, 0.25) is 0 Å². The molecule has 3 N–H and O–H groups in total. The van der Waals surface area contributed by atoms with Crippen LogP contribution >= 0.6 is 0 Å². The fraction of sp³-hybridized carbons (Fsp3) is 0.269. The van der Waals surface area contributed by atoms with Crippen LogP contribution in [-0.2, 0) is 39.1 Å². The maximum atomic E-state index is 13.5. The topological polar surface area (TPSA) is 121 Å². The molecule has 4 rings (SSSR count). The van der Waals surface area contributed by atoms with Crippen LogP contribution in [0.15, 0.2) is 71.5 Å². The Hall–Kier alpha value is -3.56. The first kappa shape index (κ1) is 24.6. The third-order valence-corrected chi connectivity index (χ3v) is 7.84. The van der Waals surface area contributed by atoms with Crippen LogP contribution < -0.4 is 10.5 Å². The first-order chi connectivity index (χ1) is 16.8. The summed E-state index contributed by atoms with van der Waals surface area (Å²) in [7, 11) is -2.32. The van der Waals surface area contributed by atoms with Crippen LogP contribution in [0.3, 0.4) is 0 Å². The van der Waals surface area contributed by atoms with Gasteiger partial charge in [0.15, 0.2) is 0 Å². The monoisotopic (exact) mass is 496 g/mol. The molecular formula is C26H28N2O6S. The Bertz CT molecular complexity index is 1400. The summed E-state index contributed by atoms with van der Waals surface area (Å²) in [4.78, 5) is 11.4. The van der Waals surface area contributed by atoms with Gasteiger partial charge in [-0.25, -0.2) is 12.4 Å². The molecule has 8 nitrogen and oxygen atoms in total. The minimum absolute atomic E-state index is 0.0997. The molecule has 0 aliphatic heterocycles. The molecule has 0 saturated heterocycles. The van der Waals surface area contributed by atoms with Gasteiger partial charge >= 0.3 is 5.97 Å². The number of rotatable bonds is 10. The minimum Gasteiger partial charge on any atom is -0.497 e. The SMILES string of the molecule is COc1ccc2c(c1)c(CCC(=O)O)cn2S(=O)(=O)C1=CC=C(OCc2ccc(CN)cc2)CC1. The van der Waals surface area contributed by atoms with E-state index < -0.39 is 16.0 Å². The van der Waals surface area contributed by atoms with Crippen molar-refractivity contribution < 1.29 is 27.8 Å². The highest BCUT2D eigenvalue weighted by Crippen LogP contribution is 2.32. The second-order valence-corrected chi connectivity index (χ2v) is 10.2. The van der Waals surface area contributed by atoms with Gasteiger partial charge in [-0.05, 0) is 59.9 Å². The lowest BCUT2D eigenvalue weighted by molar-refractivity contribution is -0.136. The normalized spacial score (nSPS) is 13.9. The number of aryl methyl sites for hydroxylation is 1. The average molecular weight is 497 g/mol. The van der Waals surface area contributed by atoms with Crippen LogP contribution in [0, 0.1) is 0 Å². The van der Waals surface area contributed by atoms with Crippen molar-refractivity contribution >= 4 is 26.9 Å². The van der Waals surface area contributed by atoms with Gasteiger partial charge in [0.05, 0.1) is 23.3 Å². The lowest BCUT2D eigenvalue weighted by Crippen LogP contribution is -2.16. The molecule has 0 saturated carbocycles. The fourth-order valence-electron chi connectivity index (χ4n) is 4.02. The highest BCUT2D eigenvalue weighted by Gasteiger charge is 2.25. The largest absolute Gasteiger partial charge is 0.497 e. The number of nitrogens with two attached hydrogens (primary N) is 1. The molecule has 0 radical (unpaired) electrons. The Morgan fingerprint density at radius 1 is 1.09 bits per heavy atom. The number of aromatic nitrogens is 1. The molecule has 0 bridgehead atoms. The van der Waals surface area contributed by atoms with Crippen molar-refractivity contribution in [2.75, 3.05) is 7.11 Å². The zero-order valence-corrected chi connectivity index (χ0v) is 20.3. The van der Waals surface area contributed by atoms with E-state index in [1.54, 1.807) is 30.4 Å². The molecule has 0 unspecified atom stereocenters. The first-order valence-electron chi connectivity index (χ1n) is 11.3. The van der Waals surface area contributed by atoms with E-state index >= 15 is 0 Å². The van der Waals surface area contributed by atoms with E-state index in [0.29, 0.717) is 48.2 Å². The Labute approximate surface area is 204 Å². The number of hydrogen-bond acceptors (Lipinski definition) is 6. The molecule has 3 aromatic rings. The van der Waals surface area contributed by atoms with Gasteiger partial charge in [-0.1, -0.05) is 24.3 Å². The Morgan fingerprint density at radius 3 is 2.46 bits per heavy atom. The molecule has 0 atom stereocenters. The molecule has 0 spiro atoms. The Kier molecular flexibility index (Phi) is 7.28. The van der Waals surface area contributed by atoms with Crippen molar-refractivity contribution in [1.29, 1.82) is 0 Å². The lowest BCUT2D eigenvalue weighted by atomic mass is 10.1. The number of hydrogen-bond donors (Lipinski definition) is 2. The first-order valence-corrected chi connectivity index (χ1v) is 12.7. The number of nitrogens with zero attached hydrogens (tertiary/aromatic N) is 1. The van der Waals surface area contributed by atoms with E-state index in [9.17, 15) is 13.2 Å². The number of benzene rings is 2.